The summed E-state index contributed by atoms with van der Waals surface area (Å²) in [6.45, 7) is 3.89. The van der Waals surface area contributed by atoms with E-state index in [1.165, 1.54) is 0 Å². The van der Waals surface area contributed by atoms with E-state index in [0.29, 0.717) is 0 Å². The molecule has 0 atom stereocenters. The molecule has 1 radical (unpaired) electrons. The fourth-order valence-electron chi connectivity index (χ4n) is 0. The molecule has 0 heterocycles. The molecule has 0 unspecified atom stereocenters. The Kier molecular flexibility index (Phi) is 59.4. The zero-order valence-electron chi connectivity index (χ0n) is 9.92. The zero-order valence-corrected chi connectivity index (χ0v) is 12.0. The molecule has 0 aliphatic rings. The molecule has 0 saturated heterocycles. The maximum Gasteiger partial charge on any atom is 2.00 e. The molecular weight excluding hydrogens is 343 g/mol. The standard InChI is InChI=1S/4C2H4O2.Cu.Fe/c4*1-2(3)4;;/h4*1H3,(H,3,4);;/q;;;;2*+2/p-4. The van der Waals surface area contributed by atoms with Crippen LogP contribution in [0.15, 0.2) is 0 Å². The van der Waals surface area contributed by atoms with Crippen LogP contribution in [-0.2, 0) is 53.3 Å². The molecule has 10 heteroatoms. The van der Waals surface area contributed by atoms with Crippen molar-refractivity contribution in [1.82, 2.24) is 0 Å². The summed E-state index contributed by atoms with van der Waals surface area (Å²) in [5, 5.41) is 35.6. The van der Waals surface area contributed by atoms with E-state index in [9.17, 15) is 0 Å². The van der Waals surface area contributed by atoms with E-state index < -0.39 is 23.9 Å². The fraction of sp³-hybridized carbons (Fsp3) is 0.500. The summed E-state index contributed by atoms with van der Waals surface area (Å²) in [5.41, 5.74) is 0. The predicted octanol–water partition coefficient (Wildman–Crippen LogP) is -4.98. The van der Waals surface area contributed by atoms with Crippen molar-refractivity contribution in [2.45, 2.75) is 27.7 Å². The van der Waals surface area contributed by atoms with Gasteiger partial charge in [-0.05, 0) is 27.7 Å². The Balaban J connectivity index is -0.0000000257. The van der Waals surface area contributed by atoms with Crippen LogP contribution < -0.4 is 20.4 Å². The number of hydrogen-bond acceptors (Lipinski definition) is 8. The van der Waals surface area contributed by atoms with Gasteiger partial charge < -0.3 is 39.6 Å². The molecule has 0 aromatic carbocycles. The first-order chi connectivity index (χ1) is 6.93. The minimum absolute atomic E-state index is 0. The van der Waals surface area contributed by atoms with E-state index in [0.717, 1.165) is 27.7 Å². The molecule has 0 amide bonds. The fourth-order valence-corrected chi connectivity index (χ4v) is 0. The summed E-state index contributed by atoms with van der Waals surface area (Å²) in [4.78, 5) is 35.6. The minimum atomic E-state index is -1.08. The van der Waals surface area contributed by atoms with Crippen molar-refractivity contribution in [1.29, 1.82) is 0 Å². The number of hydrogen-bond donors (Lipinski definition) is 0. The van der Waals surface area contributed by atoms with Gasteiger partial charge in [-0.15, -0.1) is 0 Å². The third kappa shape index (κ3) is 2470. The molecule has 0 N–H and O–H groups in total. The van der Waals surface area contributed by atoms with Crippen LogP contribution in [0.4, 0.5) is 0 Å². The van der Waals surface area contributed by atoms with Gasteiger partial charge in [0.1, 0.15) is 0 Å². The molecule has 18 heavy (non-hydrogen) atoms. The molecule has 111 valence electrons. The smallest absolute Gasteiger partial charge is 0.550 e. The van der Waals surface area contributed by atoms with Crippen LogP contribution in [0, 0.1) is 0 Å². The summed E-state index contributed by atoms with van der Waals surface area (Å²) in [7, 11) is 0. The summed E-state index contributed by atoms with van der Waals surface area (Å²) in [6.07, 6.45) is 0. The Morgan fingerprint density at radius 1 is 0.556 bits per heavy atom. The van der Waals surface area contributed by atoms with Crippen molar-refractivity contribution < 1.29 is 73.7 Å². The number of carbonyl (C=O) groups is 4. The van der Waals surface area contributed by atoms with Crippen LogP contribution in [0.2, 0.25) is 0 Å². The summed E-state index contributed by atoms with van der Waals surface area (Å²) in [6, 6.07) is 0. The number of aliphatic carboxylic acids is 4. The third-order valence-electron chi connectivity index (χ3n) is 0. The second-order valence-electron chi connectivity index (χ2n) is 1.97. The van der Waals surface area contributed by atoms with Crippen LogP contribution in [-0.4, -0.2) is 23.9 Å². The van der Waals surface area contributed by atoms with E-state index >= 15 is 0 Å². The van der Waals surface area contributed by atoms with Crippen LogP contribution in [0.3, 0.4) is 0 Å². The average Bonchev–Trinajstić information content (AvgIpc) is 1.76. The topological polar surface area (TPSA) is 161 Å². The molecule has 0 bridgehead atoms. The van der Waals surface area contributed by atoms with Gasteiger partial charge in [-0.1, -0.05) is 0 Å². The van der Waals surface area contributed by atoms with Gasteiger partial charge in [-0.2, -0.15) is 0 Å². The SMILES string of the molecule is CC(=O)[O-].CC(=O)[O-].CC(=O)[O-].CC(=O)[O-].[Cu+2].[Fe+2]. The number of rotatable bonds is 0. The molecule has 0 aromatic rings. The predicted molar refractivity (Wildman–Crippen MR) is 42.7 cm³/mol. The Morgan fingerprint density at radius 2 is 0.556 bits per heavy atom. The maximum absolute atomic E-state index is 8.89. The van der Waals surface area contributed by atoms with Gasteiger partial charge in [-0.25, -0.2) is 0 Å². The van der Waals surface area contributed by atoms with Gasteiger partial charge in [-0.3, -0.25) is 0 Å². The van der Waals surface area contributed by atoms with Gasteiger partial charge in [0.05, 0.1) is 0 Å². The Labute approximate surface area is 125 Å². The summed E-state index contributed by atoms with van der Waals surface area (Å²) in [5.74, 6) is -4.33. The summed E-state index contributed by atoms with van der Waals surface area (Å²) < 4.78 is 0. The monoisotopic (exact) mass is 355 g/mol. The van der Waals surface area contributed by atoms with Crippen molar-refractivity contribution >= 4 is 23.9 Å². The molecule has 0 rings (SSSR count). The van der Waals surface area contributed by atoms with Crippen molar-refractivity contribution in [2.75, 3.05) is 0 Å². The van der Waals surface area contributed by atoms with Crippen LogP contribution >= 0.6 is 0 Å². The quantitative estimate of drug-likeness (QED) is 0.390. The van der Waals surface area contributed by atoms with Gasteiger partial charge in [0.2, 0.25) is 0 Å². The molecule has 0 saturated carbocycles. The van der Waals surface area contributed by atoms with Gasteiger partial charge in [0.15, 0.2) is 0 Å². The molecule has 0 aliphatic carbocycles. The maximum atomic E-state index is 8.89. The van der Waals surface area contributed by atoms with Gasteiger partial charge in [0.25, 0.3) is 0 Å². The van der Waals surface area contributed by atoms with E-state index in [4.69, 9.17) is 39.6 Å². The minimum Gasteiger partial charge on any atom is -0.550 e. The molecule has 0 aromatic heterocycles. The van der Waals surface area contributed by atoms with E-state index in [2.05, 4.69) is 0 Å². The average molecular weight is 356 g/mol. The van der Waals surface area contributed by atoms with Gasteiger partial charge in [0, 0.05) is 23.9 Å². The van der Waals surface area contributed by atoms with Crippen molar-refractivity contribution in [3.63, 3.8) is 0 Å². The number of carbonyl (C=O) groups excluding carboxylic acids is 4. The molecule has 0 fully saturated rings. The van der Waals surface area contributed by atoms with Gasteiger partial charge >= 0.3 is 34.1 Å². The second kappa shape index (κ2) is 29.7. The van der Waals surface area contributed by atoms with Crippen molar-refractivity contribution in [2.24, 2.45) is 0 Å². The normalized spacial score (nSPS) is 5.56. The first kappa shape index (κ1) is 36.0. The van der Waals surface area contributed by atoms with Crippen LogP contribution in [0.1, 0.15) is 27.7 Å². The Morgan fingerprint density at radius 3 is 0.556 bits per heavy atom. The van der Waals surface area contributed by atoms with E-state index in [1.54, 1.807) is 0 Å². The Bertz CT molecular complexity index is 167. The van der Waals surface area contributed by atoms with Crippen molar-refractivity contribution in [3.05, 3.63) is 0 Å². The number of carboxylic acid groups (broad SMARTS) is 4. The molecule has 0 spiro atoms. The van der Waals surface area contributed by atoms with E-state index in [-0.39, 0.29) is 34.1 Å². The first-order valence-electron chi connectivity index (χ1n) is 3.63. The van der Waals surface area contributed by atoms with Crippen molar-refractivity contribution in [3.8, 4) is 0 Å². The van der Waals surface area contributed by atoms with Crippen LogP contribution in [0.5, 0.6) is 0 Å². The summed E-state index contributed by atoms with van der Waals surface area (Å²) >= 11 is 0. The first-order valence-corrected chi connectivity index (χ1v) is 3.63. The molecular formula is C8H12CuFeO8. The molecule has 8 nitrogen and oxygen atoms in total. The second-order valence-corrected chi connectivity index (χ2v) is 1.97. The molecule has 0 aliphatic heterocycles. The van der Waals surface area contributed by atoms with Crippen LogP contribution in [0.25, 0.3) is 0 Å². The zero-order chi connectivity index (χ0) is 14.3. The van der Waals surface area contributed by atoms with E-state index in [1.807, 2.05) is 0 Å². The Hall–Kier alpha value is -1.08. The largest absolute Gasteiger partial charge is 2.00 e. The third-order valence-corrected chi connectivity index (χ3v) is 0. The number of carboxylic acids is 4.